The zero-order chi connectivity index (χ0) is 18.2. The lowest BCUT2D eigenvalue weighted by Gasteiger charge is -2.30. The van der Waals surface area contributed by atoms with Crippen molar-refractivity contribution < 1.29 is 18.4 Å². The summed E-state index contributed by atoms with van der Waals surface area (Å²) in [4.78, 5) is 28.4. The fourth-order valence-electron chi connectivity index (χ4n) is 2.96. The summed E-state index contributed by atoms with van der Waals surface area (Å²) in [6.07, 6.45) is 1.04. The number of halogens is 3. The Morgan fingerprint density at radius 1 is 1.40 bits per heavy atom. The first-order valence-corrected chi connectivity index (χ1v) is 8.14. The van der Waals surface area contributed by atoms with E-state index in [-0.39, 0.29) is 34.9 Å². The van der Waals surface area contributed by atoms with Crippen molar-refractivity contribution in [1.82, 2.24) is 10.3 Å². The van der Waals surface area contributed by atoms with Crippen LogP contribution in [0.4, 0.5) is 8.78 Å². The van der Waals surface area contributed by atoms with Gasteiger partial charge in [0.2, 0.25) is 5.67 Å². The predicted molar refractivity (Wildman–Crippen MR) is 88.6 cm³/mol. The van der Waals surface area contributed by atoms with Gasteiger partial charge in [-0.3, -0.25) is 14.6 Å². The van der Waals surface area contributed by atoms with Gasteiger partial charge >= 0.3 is 0 Å². The molecule has 2 atom stereocenters. The summed E-state index contributed by atoms with van der Waals surface area (Å²) >= 11 is 5.99. The van der Waals surface area contributed by atoms with Gasteiger partial charge in [-0.15, -0.1) is 0 Å². The molecule has 130 valence electrons. The number of hydrogen-bond acceptors (Lipinski definition) is 3. The standard InChI is InChI=1S/C18H15ClF2N2O2/c1-10(12-5-4-11(20)9-14(12)19)23-17(25)18(21)7-6-15(24)16-13(18)3-2-8-22-16/h2-5,8-10H,6-7H2,1H3,(H,23,25)/t10-,18+/m1/s1. The number of fused-ring (bicyclic) bond motifs is 1. The third-order valence-electron chi connectivity index (χ3n) is 4.33. The van der Waals surface area contributed by atoms with Gasteiger partial charge in [-0.05, 0) is 30.7 Å². The third-order valence-corrected chi connectivity index (χ3v) is 4.66. The van der Waals surface area contributed by atoms with Gasteiger partial charge in [0.25, 0.3) is 5.91 Å². The number of amides is 1. The van der Waals surface area contributed by atoms with Crippen LogP contribution < -0.4 is 5.32 Å². The van der Waals surface area contributed by atoms with Crippen LogP contribution in [0.15, 0.2) is 36.5 Å². The van der Waals surface area contributed by atoms with Crippen molar-refractivity contribution in [3.8, 4) is 0 Å². The highest BCUT2D eigenvalue weighted by atomic mass is 35.5. The molecule has 3 rings (SSSR count). The molecule has 1 amide bonds. The van der Waals surface area contributed by atoms with E-state index in [1.807, 2.05) is 0 Å². The Balaban J connectivity index is 1.88. The maximum atomic E-state index is 15.5. The summed E-state index contributed by atoms with van der Waals surface area (Å²) in [7, 11) is 0. The highest BCUT2D eigenvalue weighted by molar-refractivity contribution is 6.31. The second-order valence-corrected chi connectivity index (χ2v) is 6.39. The minimum absolute atomic E-state index is 0.0149. The number of rotatable bonds is 3. The Morgan fingerprint density at radius 3 is 2.88 bits per heavy atom. The number of hydrogen-bond donors (Lipinski definition) is 1. The van der Waals surface area contributed by atoms with Crippen LogP contribution in [0.25, 0.3) is 0 Å². The first-order valence-electron chi connectivity index (χ1n) is 7.76. The second-order valence-electron chi connectivity index (χ2n) is 5.98. The van der Waals surface area contributed by atoms with Crippen LogP contribution >= 0.6 is 11.6 Å². The highest BCUT2D eigenvalue weighted by Crippen LogP contribution is 2.38. The van der Waals surface area contributed by atoms with Gasteiger partial charge in [-0.2, -0.15) is 0 Å². The van der Waals surface area contributed by atoms with Gasteiger partial charge in [0.05, 0.1) is 6.04 Å². The lowest BCUT2D eigenvalue weighted by atomic mass is 9.81. The van der Waals surface area contributed by atoms with Crippen molar-refractivity contribution in [2.75, 3.05) is 0 Å². The number of carbonyl (C=O) groups is 2. The van der Waals surface area contributed by atoms with Crippen LogP contribution in [0, 0.1) is 5.82 Å². The Hall–Kier alpha value is -2.34. The van der Waals surface area contributed by atoms with E-state index in [1.165, 1.54) is 30.5 Å². The molecule has 1 aromatic heterocycles. The van der Waals surface area contributed by atoms with E-state index >= 15 is 4.39 Å². The SMILES string of the molecule is C[C@@H](NC(=O)[C@]1(F)CCC(=O)c2ncccc21)c1ccc(F)cc1Cl. The molecule has 1 aliphatic carbocycles. The summed E-state index contributed by atoms with van der Waals surface area (Å²) in [5.41, 5.74) is -1.92. The molecule has 0 unspecified atom stereocenters. The van der Waals surface area contributed by atoms with Gasteiger partial charge in [-0.1, -0.05) is 23.7 Å². The normalized spacial score (nSPS) is 20.7. The average molecular weight is 365 g/mol. The van der Waals surface area contributed by atoms with Gasteiger partial charge in [0.15, 0.2) is 5.78 Å². The molecule has 25 heavy (non-hydrogen) atoms. The lowest BCUT2D eigenvalue weighted by Crippen LogP contribution is -2.45. The van der Waals surface area contributed by atoms with Crippen molar-refractivity contribution in [3.63, 3.8) is 0 Å². The smallest absolute Gasteiger partial charge is 0.262 e. The van der Waals surface area contributed by atoms with Crippen molar-refractivity contribution in [2.45, 2.75) is 31.5 Å². The van der Waals surface area contributed by atoms with Crippen LogP contribution in [0.5, 0.6) is 0 Å². The summed E-state index contributed by atoms with van der Waals surface area (Å²) in [6.45, 7) is 1.62. The molecular formula is C18H15ClF2N2O2. The molecule has 0 saturated carbocycles. The Labute approximate surface area is 148 Å². The Kier molecular flexibility index (Phi) is 4.56. The second kappa shape index (κ2) is 6.52. The first-order chi connectivity index (χ1) is 11.8. The maximum absolute atomic E-state index is 15.5. The Bertz CT molecular complexity index is 859. The average Bonchev–Trinajstić information content (AvgIpc) is 2.58. The molecule has 0 saturated heterocycles. The number of alkyl halides is 1. The van der Waals surface area contributed by atoms with E-state index in [0.29, 0.717) is 5.56 Å². The van der Waals surface area contributed by atoms with Gasteiger partial charge < -0.3 is 5.32 Å². The molecule has 0 fully saturated rings. The van der Waals surface area contributed by atoms with Crippen LogP contribution in [0.3, 0.4) is 0 Å². The third kappa shape index (κ3) is 3.14. The molecule has 7 heteroatoms. The van der Waals surface area contributed by atoms with E-state index in [0.717, 1.165) is 6.07 Å². The van der Waals surface area contributed by atoms with E-state index in [9.17, 15) is 14.0 Å². The van der Waals surface area contributed by atoms with E-state index in [1.54, 1.807) is 6.92 Å². The van der Waals surface area contributed by atoms with Crippen LogP contribution in [0.2, 0.25) is 5.02 Å². The molecule has 1 aliphatic rings. The van der Waals surface area contributed by atoms with Crippen molar-refractivity contribution in [3.05, 3.63) is 64.2 Å². The van der Waals surface area contributed by atoms with Crippen molar-refractivity contribution in [2.24, 2.45) is 0 Å². The van der Waals surface area contributed by atoms with Gasteiger partial charge in [0.1, 0.15) is 11.5 Å². The Morgan fingerprint density at radius 2 is 2.16 bits per heavy atom. The lowest BCUT2D eigenvalue weighted by molar-refractivity contribution is -0.135. The molecule has 1 heterocycles. The summed E-state index contributed by atoms with van der Waals surface area (Å²) in [5, 5.41) is 2.70. The zero-order valence-electron chi connectivity index (χ0n) is 13.4. The summed E-state index contributed by atoms with van der Waals surface area (Å²) in [6, 6.07) is 6.03. The monoisotopic (exact) mass is 364 g/mol. The summed E-state index contributed by atoms with van der Waals surface area (Å²) in [5.74, 6) is -1.66. The number of benzene rings is 1. The summed E-state index contributed by atoms with van der Waals surface area (Å²) < 4.78 is 28.6. The van der Waals surface area contributed by atoms with Gasteiger partial charge in [-0.25, -0.2) is 8.78 Å². The molecular weight excluding hydrogens is 350 g/mol. The van der Waals surface area contributed by atoms with Gasteiger partial charge in [0, 0.05) is 29.6 Å². The van der Waals surface area contributed by atoms with Crippen LogP contribution in [-0.2, 0) is 10.5 Å². The molecule has 0 spiro atoms. The highest BCUT2D eigenvalue weighted by Gasteiger charge is 2.47. The number of nitrogens with zero attached hydrogens (tertiary/aromatic N) is 1. The van der Waals surface area contributed by atoms with E-state index < -0.39 is 23.4 Å². The molecule has 1 N–H and O–H groups in total. The zero-order valence-corrected chi connectivity index (χ0v) is 14.1. The molecule has 0 aliphatic heterocycles. The number of nitrogens with one attached hydrogen (secondary N) is 1. The topological polar surface area (TPSA) is 59.1 Å². The van der Waals surface area contributed by atoms with Crippen LogP contribution in [-0.4, -0.2) is 16.7 Å². The number of pyridine rings is 1. The fraction of sp³-hybridized carbons (Fsp3) is 0.278. The quantitative estimate of drug-likeness (QED) is 0.898. The molecule has 1 aromatic carbocycles. The first kappa shape index (κ1) is 17.5. The largest absolute Gasteiger partial charge is 0.346 e. The van der Waals surface area contributed by atoms with E-state index in [2.05, 4.69) is 10.3 Å². The minimum atomic E-state index is -2.35. The molecule has 0 bridgehead atoms. The number of ketones is 1. The van der Waals surface area contributed by atoms with Crippen molar-refractivity contribution >= 4 is 23.3 Å². The van der Waals surface area contributed by atoms with Crippen LogP contribution in [0.1, 0.15) is 47.4 Å². The number of Topliss-reactive ketones (excluding diaryl/α,β-unsaturated/α-hetero) is 1. The molecule has 4 nitrogen and oxygen atoms in total. The molecule has 0 radical (unpaired) electrons. The molecule has 2 aromatic rings. The number of aromatic nitrogens is 1. The maximum Gasteiger partial charge on any atom is 0.262 e. The fourth-order valence-corrected chi connectivity index (χ4v) is 3.29. The van der Waals surface area contributed by atoms with E-state index in [4.69, 9.17) is 11.6 Å². The van der Waals surface area contributed by atoms with Crippen molar-refractivity contribution in [1.29, 1.82) is 0 Å². The predicted octanol–water partition coefficient (Wildman–Crippen LogP) is 3.89. The minimum Gasteiger partial charge on any atom is -0.346 e. The number of carbonyl (C=O) groups excluding carboxylic acids is 2.